The summed E-state index contributed by atoms with van der Waals surface area (Å²) in [6, 6.07) is 8.00. The summed E-state index contributed by atoms with van der Waals surface area (Å²) in [7, 11) is 0. The van der Waals surface area contributed by atoms with Crippen LogP contribution in [0.5, 0.6) is 0 Å². The predicted octanol–water partition coefficient (Wildman–Crippen LogP) is 2.97. The second-order valence-corrected chi connectivity index (χ2v) is 6.70. The highest BCUT2D eigenvalue weighted by Crippen LogP contribution is 2.36. The van der Waals surface area contributed by atoms with Gasteiger partial charge in [0, 0.05) is 15.4 Å². The number of imide groups is 1. The molecule has 1 saturated heterocycles. The summed E-state index contributed by atoms with van der Waals surface area (Å²) in [5, 5.41) is 0. The minimum Gasteiger partial charge on any atom is -0.278 e. The van der Waals surface area contributed by atoms with E-state index in [0.717, 1.165) is 34.8 Å². The number of nitrogens with zero attached hydrogens (tertiary/aromatic N) is 1. The molecule has 2 unspecified atom stereocenters. The standard InChI is InChI=1S/C15H16INO2/c16-13-6-4-10(5-7-13)9-17-14(18)11-2-1-3-12(8-11)15(17)19/h4-7,11-12H,1-3,8-9H2. The van der Waals surface area contributed by atoms with Crippen LogP contribution in [0.3, 0.4) is 0 Å². The molecule has 1 heterocycles. The third-order valence-electron chi connectivity index (χ3n) is 4.16. The lowest BCUT2D eigenvalue weighted by molar-refractivity contribution is -0.158. The largest absolute Gasteiger partial charge is 0.278 e. The van der Waals surface area contributed by atoms with Crippen molar-refractivity contribution < 1.29 is 9.59 Å². The molecule has 1 aliphatic heterocycles. The van der Waals surface area contributed by atoms with Gasteiger partial charge in [-0.05, 0) is 59.5 Å². The lowest BCUT2D eigenvalue weighted by atomic mass is 9.77. The van der Waals surface area contributed by atoms with Gasteiger partial charge in [-0.2, -0.15) is 0 Å². The zero-order valence-electron chi connectivity index (χ0n) is 10.6. The minimum absolute atomic E-state index is 0.0412. The maximum atomic E-state index is 12.3. The number of hydrogen-bond donors (Lipinski definition) is 0. The summed E-state index contributed by atoms with van der Waals surface area (Å²) >= 11 is 2.25. The molecule has 1 aromatic carbocycles. The first-order valence-electron chi connectivity index (χ1n) is 6.75. The van der Waals surface area contributed by atoms with E-state index in [4.69, 9.17) is 0 Å². The topological polar surface area (TPSA) is 37.4 Å². The minimum atomic E-state index is 0.0412. The van der Waals surface area contributed by atoms with E-state index in [1.807, 2.05) is 24.3 Å². The molecule has 0 radical (unpaired) electrons. The second kappa shape index (κ2) is 5.23. The zero-order chi connectivity index (χ0) is 13.4. The number of halogens is 1. The maximum absolute atomic E-state index is 12.3. The number of fused-ring (bicyclic) bond motifs is 2. The summed E-state index contributed by atoms with van der Waals surface area (Å²) in [4.78, 5) is 26.1. The first-order chi connectivity index (χ1) is 9.15. The molecule has 2 bridgehead atoms. The molecule has 1 aliphatic carbocycles. The van der Waals surface area contributed by atoms with Crippen LogP contribution in [-0.4, -0.2) is 16.7 Å². The van der Waals surface area contributed by atoms with Gasteiger partial charge in [-0.25, -0.2) is 0 Å². The molecule has 3 rings (SSSR count). The van der Waals surface area contributed by atoms with Gasteiger partial charge in [-0.15, -0.1) is 0 Å². The number of benzene rings is 1. The first-order valence-corrected chi connectivity index (χ1v) is 7.82. The van der Waals surface area contributed by atoms with Gasteiger partial charge in [0.05, 0.1) is 6.54 Å². The molecule has 2 atom stereocenters. The fourth-order valence-electron chi connectivity index (χ4n) is 3.12. The zero-order valence-corrected chi connectivity index (χ0v) is 12.8. The summed E-state index contributed by atoms with van der Waals surface area (Å²) in [6.45, 7) is 0.432. The summed E-state index contributed by atoms with van der Waals surface area (Å²) < 4.78 is 1.16. The van der Waals surface area contributed by atoms with Crippen molar-refractivity contribution in [3.05, 3.63) is 33.4 Å². The van der Waals surface area contributed by atoms with Crippen LogP contribution in [0.15, 0.2) is 24.3 Å². The van der Waals surface area contributed by atoms with Crippen molar-refractivity contribution in [3.63, 3.8) is 0 Å². The predicted molar refractivity (Wildman–Crippen MR) is 80.2 cm³/mol. The Morgan fingerprint density at radius 1 is 1.05 bits per heavy atom. The monoisotopic (exact) mass is 369 g/mol. The van der Waals surface area contributed by atoms with Crippen molar-refractivity contribution in [2.45, 2.75) is 32.2 Å². The molecule has 4 heteroatoms. The summed E-state index contributed by atoms with van der Waals surface area (Å²) in [6.07, 6.45) is 3.70. The number of amides is 2. The Morgan fingerprint density at radius 2 is 1.63 bits per heavy atom. The van der Waals surface area contributed by atoms with Crippen molar-refractivity contribution in [2.24, 2.45) is 11.8 Å². The fourth-order valence-corrected chi connectivity index (χ4v) is 3.48. The molecule has 2 amide bonds. The molecule has 1 saturated carbocycles. The fraction of sp³-hybridized carbons (Fsp3) is 0.467. The number of carbonyl (C=O) groups excluding carboxylic acids is 2. The summed E-state index contributed by atoms with van der Waals surface area (Å²) in [5.41, 5.74) is 1.03. The Balaban J connectivity index is 1.81. The Kier molecular flexibility index (Phi) is 3.60. The van der Waals surface area contributed by atoms with Crippen LogP contribution in [0.25, 0.3) is 0 Å². The molecular weight excluding hydrogens is 353 g/mol. The molecule has 0 aromatic heterocycles. The average molecular weight is 369 g/mol. The Bertz CT molecular complexity index is 489. The van der Waals surface area contributed by atoms with Crippen molar-refractivity contribution in [2.75, 3.05) is 0 Å². The van der Waals surface area contributed by atoms with E-state index in [9.17, 15) is 9.59 Å². The van der Waals surface area contributed by atoms with E-state index >= 15 is 0 Å². The van der Waals surface area contributed by atoms with Crippen molar-refractivity contribution in [1.82, 2.24) is 4.90 Å². The van der Waals surface area contributed by atoms with Gasteiger partial charge in [0.1, 0.15) is 0 Å². The molecule has 100 valence electrons. The second-order valence-electron chi connectivity index (χ2n) is 5.45. The Hall–Kier alpha value is -0.910. The van der Waals surface area contributed by atoms with Gasteiger partial charge in [0.2, 0.25) is 11.8 Å². The smallest absolute Gasteiger partial charge is 0.232 e. The quantitative estimate of drug-likeness (QED) is 0.594. The van der Waals surface area contributed by atoms with Gasteiger partial charge in [-0.1, -0.05) is 18.6 Å². The lowest BCUT2D eigenvalue weighted by Crippen LogP contribution is -2.50. The van der Waals surface area contributed by atoms with Crippen LogP contribution in [0, 0.1) is 15.4 Å². The van der Waals surface area contributed by atoms with Gasteiger partial charge < -0.3 is 0 Å². The molecule has 3 nitrogen and oxygen atoms in total. The molecule has 2 aliphatic rings. The van der Waals surface area contributed by atoms with Gasteiger partial charge in [0.25, 0.3) is 0 Å². The number of likely N-dealkylation sites (tertiary alicyclic amines) is 1. The van der Waals surface area contributed by atoms with E-state index in [1.54, 1.807) is 0 Å². The van der Waals surface area contributed by atoms with Crippen LogP contribution in [0.1, 0.15) is 31.2 Å². The number of rotatable bonds is 2. The molecule has 1 aromatic rings. The van der Waals surface area contributed by atoms with Gasteiger partial charge in [0.15, 0.2) is 0 Å². The Morgan fingerprint density at radius 3 is 2.21 bits per heavy atom. The Labute approximate surface area is 126 Å². The summed E-state index contributed by atoms with van der Waals surface area (Å²) in [5.74, 6) is 0.250. The van der Waals surface area contributed by atoms with E-state index in [-0.39, 0.29) is 23.7 Å². The lowest BCUT2D eigenvalue weighted by Gasteiger charge is -2.39. The number of hydrogen-bond acceptors (Lipinski definition) is 2. The van der Waals surface area contributed by atoms with E-state index in [1.165, 1.54) is 4.90 Å². The van der Waals surface area contributed by atoms with E-state index in [0.29, 0.717) is 6.54 Å². The van der Waals surface area contributed by atoms with Crippen LogP contribution < -0.4 is 0 Å². The van der Waals surface area contributed by atoms with Crippen molar-refractivity contribution >= 4 is 34.4 Å². The van der Waals surface area contributed by atoms with E-state index in [2.05, 4.69) is 22.6 Å². The molecule has 19 heavy (non-hydrogen) atoms. The van der Waals surface area contributed by atoms with E-state index < -0.39 is 0 Å². The SMILES string of the molecule is O=C1C2CCCC(C2)C(=O)N1Cc1ccc(I)cc1. The molecule has 0 spiro atoms. The van der Waals surface area contributed by atoms with Gasteiger partial charge in [-0.3, -0.25) is 14.5 Å². The molecule has 2 fully saturated rings. The van der Waals surface area contributed by atoms with Crippen LogP contribution >= 0.6 is 22.6 Å². The van der Waals surface area contributed by atoms with Crippen LogP contribution in [0.4, 0.5) is 0 Å². The van der Waals surface area contributed by atoms with Crippen molar-refractivity contribution in [1.29, 1.82) is 0 Å². The third-order valence-corrected chi connectivity index (χ3v) is 4.88. The number of piperidine rings is 1. The first kappa shape index (κ1) is 13.1. The molecule has 0 N–H and O–H groups in total. The van der Waals surface area contributed by atoms with Crippen LogP contribution in [0.2, 0.25) is 0 Å². The highest BCUT2D eigenvalue weighted by atomic mass is 127. The van der Waals surface area contributed by atoms with Gasteiger partial charge >= 0.3 is 0 Å². The highest BCUT2D eigenvalue weighted by molar-refractivity contribution is 14.1. The normalized spacial score (nSPS) is 26.7. The van der Waals surface area contributed by atoms with Crippen LogP contribution in [-0.2, 0) is 16.1 Å². The van der Waals surface area contributed by atoms with Crippen molar-refractivity contribution in [3.8, 4) is 0 Å². The number of carbonyl (C=O) groups is 2. The molecular formula is C15H16INO2. The highest BCUT2D eigenvalue weighted by Gasteiger charge is 2.42. The third kappa shape index (κ3) is 2.55. The maximum Gasteiger partial charge on any atom is 0.232 e. The average Bonchev–Trinajstić information content (AvgIpc) is 2.44.